The molecule has 0 radical (unpaired) electrons. The SMILES string of the molecule is CN(C)c1cccc(-c2nc(=S)nc(N)[nH]2)c1. The van der Waals surface area contributed by atoms with Gasteiger partial charge >= 0.3 is 0 Å². The van der Waals surface area contributed by atoms with Crippen LogP contribution in [0.1, 0.15) is 0 Å². The fourth-order valence-corrected chi connectivity index (χ4v) is 1.66. The minimum Gasteiger partial charge on any atom is -0.378 e. The summed E-state index contributed by atoms with van der Waals surface area (Å²) in [6.45, 7) is 0. The molecule has 0 unspecified atom stereocenters. The van der Waals surface area contributed by atoms with Crippen LogP contribution in [0.2, 0.25) is 0 Å². The third-order valence-corrected chi connectivity index (χ3v) is 2.49. The molecule has 0 fully saturated rings. The molecule has 0 saturated carbocycles. The molecule has 3 N–H and O–H groups in total. The summed E-state index contributed by atoms with van der Waals surface area (Å²) in [7, 11) is 3.96. The maximum absolute atomic E-state index is 5.61. The second-order valence-corrected chi connectivity index (χ2v) is 4.17. The molecule has 2 rings (SSSR count). The minimum absolute atomic E-state index is 0.242. The molecule has 1 heterocycles. The van der Waals surface area contributed by atoms with E-state index in [2.05, 4.69) is 15.0 Å². The number of nitrogens with one attached hydrogen (secondary N) is 1. The number of H-pyrrole nitrogens is 1. The largest absolute Gasteiger partial charge is 0.378 e. The standard InChI is InChI=1S/C11H13N5S/c1-16(2)8-5-3-4-7(6-8)9-13-10(12)15-11(17)14-9/h3-6H,1-2H3,(H3,12,13,14,15,17). The highest BCUT2D eigenvalue weighted by Gasteiger charge is 2.03. The number of hydrogen-bond acceptors (Lipinski definition) is 5. The molecule has 88 valence electrons. The van der Waals surface area contributed by atoms with Gasteiger partial charge in [-0.1, -0.05) is 12.1 Å². The average Bonchev–Trinajstić information content (AvgIpc) is 2.28. The normalized spacial score (nSPS) is 10.2. The Balaban J connectivity index is 2.52. The van der Waals surface area contributed by atoms with Crippen LogP contribution >= 0.6 is 12.2 Å². The zero-order valence-electron chi connectivity index (χ0n) is 9.64. The van der Waals surface area contributed by atoms with Crippen molar-refractivity contribution in [1.29, 1.82) is 0 Å². The molecule has 6 heteroatoms. The molecule has 0 atom stereocenters. The van der Waals surface area contributed by atoms with E-state index in [9.17, 15) is 0 Å². The Morgan fingerprint density at radius 2 is 2.06 bits per heavy atom. The fraction of sp³-hybridized carbons (Fsp3) is 0.182. The Labute approximate surface area is 104 Å². The van der Waals surface area contributed by atoms with Gasteiger partial charge in [-0.05, 0) is 24.4 Å². The number of hydrogen-bond donors (Lipinski definition) is 2. The summed E-state index contributed by atoms with van der Waals surface area (Å²) in [4.78, 5) is 12.9. The lowest BCUT2D eigenvalue weighted by molar-refractivity contribution is 1.05. The summed E-state index contributed by atoms with van der Waals surface area (Å²) in [5.41, 5.74) is 7.62. The zero-order chi connectivity index (χ0) is 12.4. The first-order valence-corrected chi connectivity index (χ1v) is 5.48. The molecule has 0 aliphatic carbocycles. The zero-order valence-corrected chi connectivity index (χ0v) is 10.5. The predicted molar refractivity (Wildman–Crippen MR) is 71.4 cm³/mol. The number of aromatic amines is 1. The first-order chi connectivity index (χ1) is 8.06. The Morgan fingerprint density at radius 3 is 2.71 bits per heavy atom. The monoisotopic (exact) mass is 247 g/mol. The van der Waals surface area contributed by atoms with Crippen molar-refractivity contribution in [3.63, 3.8) is 0 Å². The van der Waals surface area contributed by atoms with Gasteiger partial charge in [-0.3, -0.25) is 0 Å². The smallest absolute Gasteiger partial charge is 0.224 e. The van der Waals surface area contributed by atoms with Crippen molar-refractivity contribution >= 4 is 23.9 Å². The number of rotatable bonds is 2. The molecule has 0 spiro atoms. The van der Waals surface area contributed by atoms with Crippen LogP contribution in [0.5, 0.6) is 0 Å². The van der Waals surface area contributed by atoms with E-state index in [1.165, 1.54) is 0 Å². The molecule has 17 heavy (non-hydrogen) atoms. The lowest BCUT2D eigenvalue weighted by atomic mass is 10.2. The Morgan fingerprint density at radius 1 is 1.29 bits per heavy atom. The summed E-state index contributed by atoms with van der Waals surface area (Å²) < 4.78 is 0.242. The van der Waals surface area contributed by atoms with Gasteiger partial charge in [0.15, 0.2) is 0 Å². The van der Waals surface area contributed by atoms with E-state index in [1.54, 1.807) is 0 Å². The van der Waals surface area contributed by atoms with Crippen molar-refractivity contribution < 1.29 is 0 Å². The summed E-state index contributed by atoms with van der Waals surface area (Å²) >= 11 is 4.94. The van der Waals surface area contributed by atoms with Gasteiger partial charge in [-0.25, -0.2) is 4.98 Å². The van der Waals surface area contributed by atoms with Crippen LogP contribution in [0, 0.1) is 4.77 Å². The maximum Gasteiger partial charge on any atom is 0.224 e. The minimum atomic E-state index is 0.242. The van der Waals surface area contributed by atoms with Crippen LogP contribution in [0.15, 0.2) is 24.3 Å². The van der Waals surface area contributed by atoms with Crippen LogP contribution < -0.4 is 10.6 Å². The highest BCUT2D eigenvalue weighted by atomic mass is 32.1. The van der Waals surface area contributed by atoms with Gasteiger partial charge in [0.25, 0.3) is 0 Å². The van der Waals surface area contributed by atoms with Gasteiger partial charge < -0.3 is 15.6 Å². The van der Waals surface area contributed by atoms with Crippen molar-refractivity contribution in [2.24, 2.45) is 0 Å². The number of nitrogen functional groups attached to an aromatic ring is 1. The van der Waals surface area contributed by atoms with Crippen molar-refractivity contribution in [3.05, 3.63) is 29.0 Å². The molecular formula is C11H13N5S. The highest BCUT2D eigenvalue weighted by Crippen LogP contribution is 2.20. The van der Waals surface area contributed by atoms with E-state index >= 15 is 0 Å². The first-order valence-electron chi connectivity index (χ1n) is 5.08. The van der Waals surface area contributed by atoms with E-state index < -0.39 is 0 Å². The van der Waals surface area contributed by atoms with E-state index in [4.69, 9.17) is 18.0 Å². The predicted octanol–water partition coefficient (Wildman–Crippen LogP) is 1.85. The topological polar surface area (TPSA) is 70.8 Å². The Hall–Kier alpha value is -1.95. The van der Waals surface area contributed by atoms with E-state index in [1.807, 2.05) is 43.3 Å². The Bertz CT molecular complexity index is 590. The van der Waals surface area contributed by atoms with E-state index in [-0.39, 0.29) is 10.7 Å². The highest BCUT2D eigenvalue weighted by molar-refractivity contribution is 7.71. The molecule has 0 bridgehead atoms. The van der Waals surface area contributed by atoms with Crippen LogP contribution in [0.25, 0.3) is 11.4 Å². The molecule has 5 nitrogen and oxygen atoms in total. The van der Waals surface area contributed by atoms with Gasteiger partial charge in [0.05, 0.1) is 0 Å². The lowest BCUT2D eigenvalue weighted by Crippen LogP contribution is -2.08. The molecule has 0 saturated heterocycles. The van der Waals surface area contributed by atoms with Crippen LogP contribution in [0.3, 0.4) is 0 Å². The van der Waals surface area contributed by atoms with Gasteiger partial charge in [-0.15, -0.1) is 0 Å². The summed E-state index contributed by atoms with van der Waals surface area (Å²) in [6.07, 6.45) is 0. The second-order valence-electron chi connectivity index (χ2n) is 3.81. The number of aromatic nitrogens is 3. The third-order valence-electron chi connectivity index (χ3n) is 2.31. The molecular weight excluding hydrogens is 234 g/mol. The molecule has 0 aliphatic rings. The maximum atomic E-state index is 5.61. The van der Waals surface area contributed by atoms with Gasteiger partial charge in [-0.2, -0.15) is 4.98 Å². The lowest BCUT2D eigenvalue weighted by Gasteiger charge is -2.13. The number of nitrogens with zero attached hydrogens (tertiary/aromatic N) is 3. The summed E-state index contributed by atoms with van der Waals surface area (Å²) in [6, 6.07) is 7.93. The van der Waals surface area contributed by atoms with Crippen molar-refractivity contribution in [3.8, 4) is 11.4 Å². The second kappa shape index (κ2) is 4.50. The fourth-order valence-electron chi connectivity index (χ4n) is 1.47. The van der Waals surface area contributed by atoms with Crippen molar-refractivity contribution in [2.45, 2.75) is 0 Å². The van der Waals surface area contributed by atoms with Crippen LogP contribution in [-0.4, -0.2) is 29.0 Å². The molecule has 0 aliphatic heterocycles. The van der Waals surface area contributed by atoms with Gasteiger partial charge in [0.2, 0.25) is 10.7 Å². The van der Waals surface area contributed by atoms with E-state index in [0.717, 1.165) is 11.3 Å². The summed E-state index contributed by atoms with van der Waals surface area (Å²) in [5.74, 6) is 0.904. The molecule has 1 aromatic carbocycles. The van der Waals surface area contributed by atoms with Crippen LogP contribution in [-0.2, 0) is 0 Å². The van der Waals surface area contributed by atoms with Crippen LogP contribution in [0.4, 0.5) is 11.6 Å². The van der Waals surface area contributed by atoms with Gasteiger partial charge in [0.1, 0.15) is 5.82 Å². The van der Waals surface area contributed by atoms with Crippen molar-refractivity contribution in [2.75, 3.05) is 24.7 Å². The Kier molecular flexibility index (Phi) is 3.06. The van der Waals surface area contributed by atoms with E-state index in [0.29, 0.717) is 5.82 Å². The molecule has 2 aromatic rings. The quantitative estimate of drug-likeness (QED) is 0.792. The molecule has 0 amide bonds. The third kappa shape index (κ3) is 2.59. The number of nitrogens with two attached hydrogens (primary N) is 1. The van der Waals surface area contributed by atoms with Crippen molar-refractivity contribution in [1.82, 2.24) is 15.0 Å². The first kappa shape index (κ1) is 11.5. The summed E-state index contributed by atoms with van der Waals surface area (Å²) in [5, 5.41) is 0. The number of benzene rings is 1. The molecule has 1 aromatic heterocycles. The average molecular weight is 247 g/mol. The number of anilines is 2. The van der Waals surface area contributed by atoms with Gasteiger partial charge in [0, 0.05) is 25.3 Å².